The molecule has 1 amide bonds. The van der Waals surface area contributed by atoms with Crippen LogP contribution >= 0.6 is 0 Å². The van der Waals surface area contributed by atoms with Crippen LogP contribution in [0.2, 0.25) is 0 Å². The van der Waals surface area contributed by atoms with Gasteiger partial charge in [-0.15, -0.1) is 0 Å². The van der Waals surface area contributed by atoms with Gasteiger partial charge in [0.15, 0.2) is 0 Å². The quantitative estimate of drug-likeness (QED) is 0.650. The van der Waals surface area contributed by atoms with Crippen LogP contribution in [0.4, 0.5) is 5.69 Å². The summed E-state index contributed by atoms with van der Waals surface area (Å²) in [7, 11) is 0. The van der Waals surface area contributed by atoms with E-state index >= 15 is 0 Å². The SMILES string of the molecule is C=CC(=O)Nc1cccc2c(=O)[nH][nH]c(=O)c12. The van der Waals surface area contributed by atoms with Gasteiger partial charge < -0.3 is 5.32 Å². The van der Waals surface area contributed by atoms with E-state index in [1.165, 1.54) is 6.07 Å². The first-order chi connectivity index (χ1) is 8.13. The van der Waals surface area contributed by atoms with Crippen LogP contribution in [-0.4, -0.2) is 16.1 Å². The van der Waals surface area contributed by atoms with Crippen molar-refractivity contribution >= 4 is 22.4 Å². The highest BCUT2D eigenvalue weighted by Crippen LogP contribution is 2.16. The van der Waals surface area contributed by atoms with Gasteiger partial charge in [-0.25, -0.2) is 0 Å². The maximum Gasteiger partial charge on any atom is 0.272 e. The number of benzene rings is 1. The van der Waals surface area contributed by atoms with Gasteiger partial charge in [0.25, 0.3) is 11.1 Å². The third kappa shape index (κ3) is 1.87. The van der Waals surface area contributed by atoms with Gasteiger partial charge in [-0.2, -0.15) is 0 Å². The molecule has 0 saturated carbocycles. The number of nitrogens with one attached hydrogen (secondary N) is 3. The van der Waals surface area contributed by atoms with E-state index in [-0.39, 0.29) is 16.5 Å². The van der Waals surface area contributed by atoms with Crippen LogP contribution in [0.15, 0.2) is 40.4 Å². The lowest BCUT2D eigenvalue weighted by Gasteiger charge is -2.04. The van der Waals surface area contributed by atoms with Crippen LogP contribution < -0.4 is 16.4 Å². The molecule has 1 aromatic heterocycles. The van der Waals surface area contributed by atoms with Crippen LogP contribution in [0.5, 0.6) is 0 Å². The zero-order valence-electron chi connectivity index (χ0n) is 8.74. The molecule has 6 heteroatoms. The number of hydrogen-bond acceptors (Lipinski definition) is 3. The van der Waals surface area contributed by atoms with Gasteiger partial charge in [-0.3, -0.25) is 24.6 Å². The van der Waals surface area contributed by atoms with E-state index in [9.17, 15) is 14.4 Å². The Hall–Kier alpha value is -2.63. The zero-order valence-corrected chi connectivity index (χ0v) is 8.74. The first kappa shape index (κ1) is 10.9. The Morgan fingerprint density at radius 2 is 1.94 bits per heavy atom. The number of rotatable bonds is 2. The first-order valence-corrected chi connectivity index (χ1v) is 4.80. The van der Waals surface area contributed by atoms with Crippen LogP contribution in [0.3, 0.4) is 0 Å². The van der Waals surface area contributed by atoms with Gasteiger partial charge in [0.05, 0.1) is 16.5 Å². The van der Waals surface area contributed by atoms with Crippen molar-refractivity contribution in [2.45, 2.75) is 0 Å². The summed E-state index contributed by atoms with van der Waals surface area (Å²) in [5.74, 6) is -0.447. The molecule has 0 fully saturated rings. The van der Waals surface area contributed by atoms with Crippen molar-refractivity contribution in [2.24, 2.45) is 0 Å². The Bertz CT molecular complexity index is 712. The van der Waals surface area contributed by atoms with Crippen LogP contribution in [0, 0.1) is 0 Å². The molecule has 86 valence electrons. The van der Waals surface area contributed by atoms with Crippen molar-refractivity contribution < 1.29 is 4.79 Å². The molecule has 1 heterocycles. The fourth-order valence-electron chi connectivity index (χ4n) is 1.52. The molecule has 0 aliphatic carbocycles. The van der Waals surface area contributed by atoms with Crippen molar-refractivity contribution in [2.75, 3.05) is 5.32 Å². The molecule has 1 aromatic carbocycles. The first-order valence-electron chi connectivity index (χ1n) is 4.80. The number of aromatic amines is 2. The molecule has 0 atom stereocenters. The standard InChI is InChI=1S/C11H9N3O3/c1-2-8(15)12-7-5-3-4-6-9(7)11(17)14-13-10(6)16/h2-5H,1H2,(H,12,15)(H,13,16)(H,14,17). The molecule has 0 aliphatic heterocycles. The Balaban J connectivity index is 2.77. The largest absolute Gasteiger partial charge is 0.322 e. The number of H-pyrrole nitrogens is 2. The fourth-order valence-corrected chi connectivity index (χ4v) is 1.52. The number of carbonyl (C=O) groups is 1. The lowest BCUT2D eigenvalue weighted by atomic mass is 10.1. The Morgan fingerprint density at radius 1 is 1.24 bits per heavy atom. The predicted molar refractivity (Wildman–Crippen MR) is 64.0 cm³/mol. The molecule has 17 heavy (non-hydrogen) atoms. The van der Waals surface area contributed by atoms with E-state index in [1.54, 1.807) is 12.1 Å². The minimum absolute atomic E-state index is 0.145. The summed E-state index contributed by atoms with van der Waals surface area (Å²) < 4.78 is 0. The molecule has 0 bridgehead atoms. The van der Waals surface area contributed by atoms with Crippen LogP contribution in [0.25, 0.3) is 10.8 Å². The number of fused-ring (bicyclic) bond motifs is 1. The van der Waals surface area contributed by atoms with Gasteiger partial charge in [0.1, 0.15) is 0 Å². The lowest BCUT2D eigenvalue weighted by Crippen LogP contribution is -2.21. The number of anilines is 1. The van der Waals surface area contributed by atoms with Crippen LogP contribution in [0.1, 0.15) is 0 Å². The minimum atomic E-state index is -0.473. The van der Waals surface area contributed by atoms with Crippen LogP contribution in [-0.2, 0) is 4.79 Å². The third-order valence-corrected chi connectivity index (χ3v) is 2.27. The van der Waals surface area contributed by atoms with Crippen molar-refractivity contribution in [3.8, 4) is 0 Å². The summed E-state index contributed by atoms with van der Waals surface area (Å²) in [6, 6.07) is 4.63. The summed E-state index contributed by atoms with van der Waals surface area (Å²) in [6.45, 7) is 3.31. The van der Waals surface area contributed by atoms with Gasteiger partial charge in [0.2, 0.25) is 5.91 Å². The maximum atomic E-state index is 11.6. The fraction of sp³-hybridized carbons (Fsp3) is 0. The average molecular weight is 231 g/mol. The van der Waals surface area contributed by atoms with E-state index in [2.05, 4.69) is 22.1 Å². The highest BCUT2D eigenvalue weighted by atomic mass is 16.2. The molecule has 0 saturated heterocycles. The Morgan fingerprint density at radius 3 is 2.65 bits per heavy atom. The number of aromatic nitrogens is 2. The van der Waals surface area contributed by atoms with E-state index in [0.29, 0.717) is 0 Å². The molecule has 0 spiro atoms. The molecule has 2 aromatic rings. The normalized spacial score (nSPS) is 10.1. The topological polar surface area (TPSA) is 94.8 Å². The summed E-state index contributed by atoms with van der Waals surface area (Å²) >= 11 is 0. The highest BCUT2D eigenvalue weighted by Gasteiger charge is 2.08. The maximum absolute atomic E-state index is 11.6. The number of hydrogen-bond donors (Lipinski definition) is 3. The van der Waals surface area contributed by atoms with Gasteiger partial charge in [0, 0.05) is 0 Å². The van der Waals surface area contributed by atoms with Gasteiger partial charge in [-0.1, -0.05) is 12.6 Å². The van der Waals surface area contributed by atoms with Crippen molar-refractivity contribution in [3.05, 3.63) is 51.6 Å². The van der Waals surface area contributed by atoms with E-state index < -0.39 is 17.0 Å². The lowest BCUT2D eigenvalue weighted by molar-refractivity contribution is -0.111. The summed E-state index contributed by atoms with van der Waals surface area (Å²) in [5, 5.41) is 7.25. The van der Waals surface area contributed by atoms with E-state index in [0.717, 1.165) is 6.08 Å². The molecule has 0 radical (unpaired) electrons. The molecular weight excluding hydrogens is 222 g/mol. The molecule has 0 aliphatic rings. The van der Waals surface area contributed by atoms with Gasteiger partial charge in [-0.05, 0) is 18.2 Å². The second-order valence-corrected chi connectivity index (χ2v) is 3.33. The van der Waals surface area contributed by atoms with Gasteiger partial charge >= 0.3 is 0 Å². The average Bonchev–Trinajstić information content (AvgIpc) is 2.34. The molecule has 3 N–H and O–H groups in total. The summed E-state index contributed by atoms with van der Waals surface area (Å²) in [4.78, 5) is 34.3. The second kappa shape index (κ2) is 4.09. The Kier molecular flexibility index (Phi) is 2.61. The van der Waals surface area contributed by atoms with Crippen molar-refractivity contribution in [1.29, 1.82) is 0 Å². The smallest absolute Gasteiger partial charge is 0.272 e. The summed E-state index contributed by atoms with van der Waals surface area (Å²) in [6.07, 6.45) is 1.08. The molecular formula is C11H9N3O3. The summed E-state index contributed by atoms with van der Waals surface area (Å²) in [5.41, 5.74) is -0.617. The van der Waals surface area contributed by atoms with Crippen molar-refractivity contribution in [1.82, 2.24) is 10.2 Å². The van der Waals surface area contributed by atoms with E-state index in [1.807, 2.05) is 0 Å². The van der Waals surface area contributed by atoms with E-state index in [4.69, 9.17) is 0 Å². The highest BCUT2D eigenvalue weighted by molar-refractivity contribution is 6.05. The molecule has 6 nitrogen and oxygen atoms in total. The molecule has 0 unspecified atom stereocenters. The second-order valence-electron chi connectivity index (χ2n) is 3.33. The number of carbonyl (C=O) groups excluding carboxylic acids is 1. The Labute approximate surface area is 95.0 Å². The minimum Gasteiger partial charge on any atom is -0.322 e. The third-order valence-electron chi connectivity index (χ3n) is 2.27. The predicted octanol–water partition coefficient (Wildman–Crippen LogP) is 0.341. The molecule has 2 rings (SSSR count). The zero-order chi connectivity index (χ0) is 12.4. The number of amides is 1. The monoisotopic (exact) mass is 231 g/mol. The van der Waals surface area contributed by atoms with Crippen molar-refractivity contribution in [3.63, 3.8) is 0 Å².